The van der Waals surface area contributed by atoms with Crippen LogP contribution < -0.4 is 5.32 Å². The number of fused-ring (bicyclic) bond motifs is 2. The Morgan fingerprint density at radius 2 is 1.79 bits per heavy atom. The molecule has 0 radical (unpaired) electrons. The third-order valence-electron chi connectivity index (χ3n) is 6.68. The van der Waals surface area contributed by atoms with E-state index in [2.05, 4.69) is 57.7 Å². The minimum atomic E-state index is -1.14. The first kappa shape index (κ1) is 21.2. The van der Waals surface area contributed by atoms with Crippen LogP contribution >= 0.6 is 11.3 Å². The Kier molecular flexibility index (Phi) is 5.27. The van der Waals surface area contributed by atoms with Gasteiger partial charge in [-0.05, 0) is 53.1 Å². The van der Waals surface area contributed by atoms with Crippen LogP contribution in [0.5, 0.6) is 0 Å². The number of nitrogens with one attached hydrogen (secondary N) is 1. The maximum Gasteiger partial charge on any atom is 0.120 e. The molecule has 0 unspecified atom stereocenters. The molecule has 5 aromatic rings. The standard InChI is InChI=1S/C28H24FN3OS/c1-33-22-15-28(29,16-22)14-18-2-4-19(5-3-18)20-6-8-24-23(12-20)25(10-11-30-24)32-21-7-9-27-26(13-21)31-17-34-27/h2-13,17,22H,14-16H2,1H3,(H,30,32). The fourth-order valence-corrected chi connectivity index (χ4v) is 5.43. The first-order chi connectivity index (χ1) is 16.6. The summed E-state index contributed by atoms with van der Waals surface area (Å²) in [6.45, 7) is 0. The molecule has 1 saturated carbocycles. The van der Waals surface area contributed by atoms with Gasteiger partial charge in [-0.3, -0.25) is 4.98 Å². The van der Waals surface area contributed by atoms with E-state index in [1.54, 1.807) is 18.4 Å². The van der Waals surface area contributed by atoms with E-state index in [1.165, 1.54) is 4.70 Å². The minimum absolute atomic E-state index is 0.0571. The highest BCUT2D eigenvalue weighted by molar-refractivity contribution is 7.16. The van der Waals surface area contributed by atoms with Gasteiger partial charge >= 0.3 is 0 Å². The molecule has 2 heterocycles. The molecule has 1 aliphatic carbocycles. The van der Waals surface area contributed by atoms with Crippen LogP contribution in [0.3, 0.4) is 0 Å². The maximum atomic E-state index is 14.8. The van der Waals surface area contributed by atoms with Gasteiger partial charge in [0, 0.05) is 49.3 Å². The van der Waals surface area contributed by atoms with Crippen molar-refractivity contribution in [3.63, 3.8) is 0 Å². The number of rotatable bonds is 6. The molecule has 0 atom stereocenters. The molecule has 170 valence electrons. The zero-order valence-corrected chi connectivity index (χ0v) is 19.6. The van der Waals surface area contributed by atoms with Crippen molar-refractivity contribution in [1.29, 1.82) is 0 Å². The highest BCUT2D eigenvalue weighted by atomic mass is 32.1. The molecule has 1 N–H and O–H groups in total. The predicted molar refractivity (Wildman–Crippen MR) is 138 cm³/mol. The average molecular weight is 470 g/mol. The SMILES string of the molecule is COC1CC(F)(Cc2ccc(-c3ccc4nccc(Nc5ccc6scnc6c5)c4c3)cc2)C1. The summed E-state index contributed by atoms with van der Waals surface area (Å²) in [5, 5.41) is 4.58. The first-order valence-corrected chi connectivity index (χ1v) is 12.3. The molecule has 6 heteroatoms. The zero-order valence-electron chi connectivity index (χ0n) is 18.8. The normalized spacial score (nSPS) is 19.9. The van der Waals surface area contributed by atoms with Crippen molar-refractivity contribution in [2.75, 3.05) is 12.4 Å². The molecule has 2 aromatic heterocycles. The highest BCUT2D eigenvalue weighted by Gasteiger charge is 2.44. The van der Waals surface area contributed by atoms with Gasteiger partial charge in [-0.25, -0.2) is 9.37 Å². The van der Waals surface area contributed by atoms with Crippen LogP contribution in [-0.4, -0.2) is 28.9 Å². The zero-order chi connectivity index (χ0) is 23.1. The van der Waals surface area contributed by atoms with E-state index >= 15 is 0 Å². The van der Waals surface area contributed by atoms with Crippen LogP contribution in [0.1, 0.15) is 18.4 Å². The molecule has 1 aliphatic rings. The van der Waals surface area contributed by atoms with E-state index in [1.807, 2.05) is 36.0 Å². The van der Waals surface area contributed by atoms with Gasteiger partial charge in [-0.2, -0.15) is 0 Å². The first-order valence-electron chi connectivity index (χ1n) is 11.4. The van der Waals surface area contributed by atoms with Crippen molar-refractivity contribution in [2.24, 2.45) is 0 Å². The molecular formula is C28H24FN3OS. The molecule has 0 amide bonds. The summed E-state index contributed by atoms with van der Waals surface area (Å²) in [6.07, 6.45) is 3.28. The number of anilines is 2. The molecule has 0 bridgehead atoms. The Morgan fingerprint density at radius 1 is 0.971 bits per heavy atom. The Hall–Kier alpha value is -3.35. The number of hydrogen-bond acceptors (Lipinski definition) is 5. The number of alkyl halides is 1. The quantitative estimate of drug-likeness (QED) is 0.283. The lowest BCUT2D eigenvalue weighted by molar-refractivity contribution is -0.0773. The second kappa shape index (κ2) is 8.46. The van der Waals surface area contributed by atoms with Crippen molar-refractivity contribution in [3.8, 4) is 11.1 Å². The molecule has 34 heavy (non-hydrogen) atoms. The fourth-order valence-electron chi connectivity index (χ4n) is 4.77. The number of thiazole rings is 1. The van der Waals surface area contributed by atoms with E-state index in [0.717, 1.165) is 44.5 Å². The van der Waals surface area contributed by atoms with Gasteiger partial charge in [-0.1, -0.05) is 30.3 Å². The third-order valence-corrected chi connectivity index (χ3v) is 7.49. The number of ether oxygens (including phenoxy) is 1. The van der Waals surface area contributed by atoms with Crippen LogP contribution in [0.15, 0.2) is 78.4 Å². The lowest BCUT2D eigenvalue weighted by Crippen LogP contribution is -2.46. The number of halogens is 1. The number of nitrogens with zero attached hydrogens (tertiary/aromatic N) is 2. The number of hydrogen-bond donors (Lipinski definition) is 1. The van der Waals surface area contributed by atoms with E-state index in [9.17, 15) is 4.39 Å². The van der Waals surface area contributed by atoms with Crippen molar-refractivity contribution in [1.82, 2.24) is 9.97 Å². The highest BCUT2D eigenvalue weighted by Crippen LogP contribution is 2.41. The Bertz CT molecular complexity index is 1470. The Labute approximate surface area is 201 Å². The van der Waals surface area contributed by atoms with Crippen molar-refractivity contribution >= 4 is 43.8 Å². The molecule has 0 aliphatic heterocycles. The average Bonchev–Trinajstić information content (AvgIpc) is 3.31. The van der Waals surface area contributed by atoms with Gasteiger partial charge in [0.25, 0.3) is 0 Å². The van der Waals surface area contributed by atoms with Gasteiger partial charge in [-0.15, -0.1) is 11.3 Å². The summed E-state index contributed by atoms with van der Waals surface area (Å²) in [5.74, 6) is 0. The molecular weight excluding hydrogens is 445 g/mol. The molecule has 1 fully saturated rings. The van der Waals surface area contributed by atoms with E-state index in [4.69, 9.17) is 4.74 Å². The Morgan fingerprint density at radius 3 is 2.62 bits per heavy atom. The minimum Gasteiger partial charge on any atom is -0.381 e. The number of aromatic nitrogens is 2. The molecule has 6 rings (SSSR count). The maximum absolute atomic E-state index is 14.8. The molecule has 0 saturated heterocycles. The molecule has 0 spiro atoms. The largest absolute Gasteiger partial charge is 0.381 e. The van der Waals surface area contributed by atoms with E-state index < -0.39 is 5.67 Å². The van der Waals surface area contributed by atoms with Crippen LogP contribution in [-0.2, 0) is 11.2 Å². The van der Waals surface area contributed by atoms with Crippen LogP contribution in [0, 0.1) is 0 Å². The third kappa shape index (κ3) is 4.04. The Balaban J connectivity index is 1.26. The summed E-state index contributed by atoms with van der Waals surface area (Å²) in [4.78, 5) is 8.96. The monoisotopic (exact) mass is 469 g/mol. The second-order valence-electron chi connectivity index (χ2n) is 9.04. The topological polar surface area (TPSA) is 47.0 Å². The van der Waals surface area contributed by atoms with Crippen LogP contribution in [0.25, 0.3) is 32.2 Å². The van der Waals surface area contributed by atoms with E-state index in [-0.39, 0.29) is 6.10 Å². The van der Waals surface area contributed by atoms with Gasteiger partial charge in [0.05, 0.1) is 27.3 Å². The van der Waals surface area contributed by atoms with Crippen molar-refractivity contribution in [3.05, 3.63) is 84.0 Å². The van der Waals surface area contributed by atoms with Crippen LogP contribution in [0.2, 0.25) is 0 Å². The number of methoxy groups -OCH3 is 1. The summed E-state index contributed by atoms with van der Waals surface area (Å²) in [7, 11) is 1.65. The van der Waals surface area contributed by atoms with Crippen molar-refractivity contribution < 1.29 is 9.13 Å². The number of pyridine rings is 1. The van der Waals surface area contributed by atoms with E-state index in [0.29, 0.717) is 19.3 Å². The van der Waals surface area contributed by atoms with Crippen molar-refractivity contribution in [2.45, 2.75) is 31.0 Å². The van der Waals surface area contributed by atoms with Gasteiger partial charge in [0.2, 0.25) is 0 Å². The summed E-state index contributed by atoms with van der Waals surface area (Å²) < 4.78 is 21.2. The van der Waals surface area contributed by atoms with Gasteiger partial charge < -0.3 is 10.1 Å². The summed E-state index contributed by atoms with van der Waals surface area (Å²) in [5.41, 5.74) is 7.85. The number of benzene rings is 3. The summed E-state index contributed by atoms with van der Waals surface area (Å²) in [6, 6.07) is 22.7. The second-order valence-corrected chi connectivity index (χ2v) is 9.93. The lowest BCUT2D eigenvalue weighted by atomic mass is 9.75. The predicted octanol–water partition coefficient (Wildman–Crippen LogP) is 7.31. The smallest absolute Gasteiger partial charge is 0.120 e. The summed E-state index contributed by atoms with van der Waals surface area (Å²) >= 11 is 1.64. The fraction of sp³-hybridized carbons (Fsp3) is 0.214. The molecule has 3 aromatic carbocycles. The lowest BCUT2D eigenvalue weighted by Gasteiger charge is -2.40. The van der Waals surface area contributed by atoms with Crippen LogP contribution in [0.4, 0.5) is 15.8 Å². The van der Waals surface area contributed by atoms with Gasteiger partial charge in [0.15, 0.2) is 0 Å². The van der Waals surface area contributed by atoms with Gasteiger partial charge in [0.1, 0.15) is 5.67 Å². The molecule has 4 nitrogen and oxygen atoms in total.